The lowest BCUT2D eigenvalue weighted by atomic mass is 9.78. The number of fused-ring (bicyclic) bond motifs is 1. The number of hydrogen-bond donors (Lipinski definition) is 1. The van der Waals surface area contributed by atoms with Crippen molar-refractivity contribution in [3.8, 4) is 10.6 Å². The molecule has 1 aliphatic heterocycles. The van der Waals surface area contributed by atoms with Gasteiger partial charge in [0.2, 0.25) is 5.91 Å². The standard InChI is InChI=1S/C35H40N4O3S2/c1-38(44(41,42)34-15-14-32(43-34)31-13-7-8-21-36-31)26-35(19-16-28-11-5-6-12-30(28)35)20-24-39-22-17-29(18-23-39)37-33(40)25-27-9-3-2-4-10-27/h2-15,21,29H,16-20,22-26H2,1H3,(H,37,40). The second-order valence-electron chi connectivity index (χ2n) is 12.1. The molecule has 1 N–H and O–H groups in total. The molecule has 1 fully saturated rings. The Balaban J connectivity index is 1.10. The molecule has 0 radical (unpaired) electrons. The van der Waals surface area contributed by atoms with Crippen molar-refractivity contribution in [1.82, 2.24) is 19.5 Å². The van der Waals surface area contributed by atoms with E-state index in [1.807, 2.05) is 54.6 Å². The van der Waals surface area contributed by atoms with Crippen LogP contribution in [-0.2, 0) is 33.1 Å². The van der Waals surface area contributed by atoms with E-state index in [0.717, 1.165) is 67.9 Å². The Labute approximate surface area is 265 Å². The summed E-state index contributed by atoms with van der Waals surface area (Å²) in [5.74, 6) is 0.0818. The van der Waals surface area contributed by atoms with Crippen LogP contribution in [0.3, 0.4) is 0 Å². The van der Waals surface area contributed by atoms with E-state index in [2.05, 4.69) is 39.5 Å². The molecule has 2 aromatic carbocycles. The van der Waals surface area contributed by atoms with Crippen LogP contribution in [-0.4, -0.2) is 67.8 Å². The number of hydrogen-bond acceptors (Lipinski definition) is 6. The Bertz CT molecular complexity index is 1670. The molecule has 1 saturated heterocycles. The van der Waals surface area contributed by atoms with E-state index in [1.54, 1.807) is 23.6 Å². The van der Waals surface area contributed by atoms with Crippen molar-refractivity contribution in [2.24, 2.45) is 0 Å². The summed E-state index contributed by atoms with van der Waals surface area (Å²) in [7, 11) is -1.94. The number of piperidine rings is 1. The second kappa shape index (κ2) is 13.3. The van der Waals surface area contributed by atoms with Gasteiger partial charge in [0.1, 0.15) is 4.21 Å². The van der Waals surface area contributed by atoms with Gasteiger partial charge in [0, 0.05) is 44.3 Å². The molecular formula is C35H40N4O3S2. The van der Waals surface area contributed by atoms with Gasteiger partial charge in [-0.2, -0.15) is 4.31 Å². The average Bonchev–Trinajstić information content (AvgIpc) is 3.69. The van der Waals surface area contributed by atoms with E-state index in [-0.39, 0.29) is 17.4 Å². The zero-order chi connectivity index (χ0) is 30.6. The Hall–Kier alpha value is -3.37. The third-order valence-electron chi connectivity index (χ3n) is 9.22. The number of nitrogens with one attached hydrogen (secondary N) is 1. The molecule has 2 aliphatic rings. The lowest BCUT2D eigenvalue weighted by Crippen LogP contribution is -2.47. The topological polar surface area (TPSA) is 82.6 Å². The highest BCUT2D eigenvalue weighted by atomic mass is 32.2. The van der Waals surface area contributed by atoms with E-state index in [0.29, 0.717) is 17.2 Å². The Morgan fingerprint density at radius 3 is 2.52 bits per heavy atom. The van der Waals surface area contributed by atoms with Crippen LogP contribution in [0.4, 0.5) is 0 Å². The summed E-state index contributed by atoms with van der Waals surface area (Å²) in [6.45, 7) is 3.19. The van der Waals surface area contributed by atoms with E-state index < -0.39 is 10.0 Å². The normalized spacial score (nSPS) is 19.2. The molecule has 9 heteroatoms. The zero-order valence-corrected chi connectivity index (χ0v) is 26.8. The van der Waals surface area contributed by atoms with Gasteiger partial charge in [-0.25, -0.2) is 8.42 Å². The minimum Gasteiger partial charge on any atom is -0.353 e. The maximum Gasteiger partial charge on any atom is 0.252 e. The minimum absolute atomic E-state index is 0.0818. The van der Waals surface area contributed by atoms with E-state index in [1.165, 1.54) is 22.5 Å². The van der Waals surface area contributed by atoms with Crippen LogP contribution in [0.1, 0.15) is 42.4 Å². The lowest BCUT2D eigenvalue weighted by Gasteiger charge is -2.38. The molecule has 44 heavy (non-hydrogen) atoms. The number of rotatable bonds is 11. The Morgan fingerprint density at radius 2 is 1.75 bits per heavy atom. The van der Waals surface area contributed by atoms with Crippen LogP contribution in [0.15, 0.2) is 95.3 Å². The zero-order valence-electron chi connectivity index (χ0n) is 25.2. The van der Waals surface area contributed by atoms with Crippen molar-refractivity contribution in [2.45, 2.75) is 54.2 Å². The summed E-state index contributed by atoms with van der Waals surface area (Å²) in [5, 5.41) is 3.23. The highest BCUT2D eigenvalue weighted by Gasteiger charge is 2.42. The summed E-state index contributed by atoms with van der Waals surface area (Å²) in [4.78, 5) is 20.3. The van der Waals surface area contributed by atoms with Gasteiger partial charge in [-0.15, -0.1) is 11.3 Å². The van der Waals surface area contributed by atoms with Crippen LogP contribution in [0.2, 0.25) is 0 Å². The minimum atomic E-state index is -3.67. The maximum absolute atomic E-state index is 13.8. The van der Waals surface area contributed by atoms with Crippen molar-refractivity contribution in [1.29, 1.82) is 0 Å². The molecule has 230 valence electrons. The van der Waals surface area contributed by atoms with Crippen molar-refractivity contribution in [3.05, 3.63) is 108 Å². The molecular weight excluding hydrogens is 589 g/mol. The number of carbonyl (C=O) groups excluding carboxylic acids is 1. The number of aromatic nitrogens is 1. The maximum atomic E-state index is 13.8. The highest BCUT2D eigenvalue weighted by Crippen LogP contribution is 2.43. The fraction of sp³-hybridized carbons (Fsp3) is 0.371. The predicted molar refractivity (Wildman–Crippen MR) is 176 cm³/mol. The molecule has 4 aromatic rings. The first kappa shape index (κ1) is 30.6. The van der Waals surface area contributed by atoms with Crippen LogP contribution >= 0.6 is 11.3 Å². The van der Waals surface area contributed by atoms with Crippen molar-refractivity contribution >= 4 is 27.3 Å². The predicted octanol–water partition coefficient (Wildman–Crippen LogP) is 5.53. The molecule has 1 amide bonds. The van der Waals surface area contributed by atoms with Gasteiger partial charge in [-0.1, -0.05) is 60.7 Å². The summed E-state index contributed by atoms with van der Waals surface area (Å²) < 4.78 is 29.6. The van der Waals surface area contributed by atoms with Gasteiger partial charge in [0.05, 0.1) is 17.0 Å². The largest absolute Gasteiger partial charge is 0.353 e. The summed E-state index contributed by atoms with van der Waals surface area (Å²) in [6, 6.07) is 27.8. The molecule has 1 aliphatic carbocycles. The third kappa shape index (κ3) is 6.81. The van der Waals surface area contributed by atoms with E-state index >= 15 is 0 Å². The van der Waals surface area contributed by atoms with Crippen LogP contribution < -0.4 is 5.32 Å². The molecule has 0 spiro atoms. The molecule has 0 saturated carbocycles. The summed E-state index contributed by atoms with van der Waals surface area (Å²) >= 11 is 1.27. The van der Waals surface area contributed by atoms with Gasteiger partial charge in [-0.3, -0.25) is 9.78 Å². The van der Waals surface area contributed by atoms with E-state index in [4.69, 9.17) is 0 Å². The van der Waals surface area contributed by atoms with Crippen molar-refractivity contribution in [3.63, 3.8) is 0 Å². The Morgan fingerprint density at radius 1 is 1.00 bits per heavy atom. The highest BCUT2D eigenvalue weighted by molar-refractivity contribution is 7.91. The first-order chi connectivity index (χ1) is 21.3. The number of thiophene rings is 1. The Kier molecular flexibility index (Phi) is 9.28. The number of aryl methyl sites for hydroxylation is 1. The second-order valence-corrected chi connectivity index (χ2v) is 15.5. The van der Waals surface area contributed by atoms with E-state index in [9.17, 15) is 13.2 Å². The fourth-order valence-electron chi connectivity index (χ4n) is 6.77. The number of amides is 1. The summed E-state index contributed by atoms with van der Waals surface area (Å²) in [6.07, 6.45) is 6.77. The number of likely N-dealkylation sites (N-methyl/N-ethyl adjacent to an activating group) is 1. The third-order valence-corrected chi connectivity index (χ3v) is 12.6. The van der Waals surface area contributed by atoms with Gasteiger partial charge in [-0.05, 0) is 79.6 Å². The van der Waals surface area contributed by atoms with Crippen molar-refractivity contribution in [2.75, 3.05) is 33.2 Å². The van der Waals surface area contributed by atoms with Gasteiger partial charge in [0.25, 0.3) is 10.0 Å². The molecule has 2 aromatic heterocycles. The number of pyridine rings is 1. The first-order valence-electron chi connectivity index (χ1n) is 15.4. The fourth-order valence-corrected chi connectivity index (χ4v) is 9.52. The monoisotopic (exact) mass is 628 g/mol. The molecule has 7 nitrogen and oxygen atoms in total. The smallest absolute Gasteiger partial charge is 0.252 e. The van der Waals surface area contributed by atoms with Gasteiger partial charge < -0.3 is 10.2 Å². The number of benzene rings is 2. The molecule has 1 unspecified atom stereocenters. The summed E-state index contributed by atoms with van der Waals surface area (Å²) in [5.41, 5.74) is 4.17. The molecule has 1 atom stereocenters. The number of nitrogens with zero attached hydrogens (tertiary/aromatic N) is 3. The van der Waals surface area contributed by atoms with Gasteiger partial charge in [0.15, 0.2) is 0 Å². The van der Waals surface area contributed by atoms with Crippen LogP contribution in [0.25, 0.3) is 10.6 Å². The lowest BCUT2D eigenvalue weighted by molar-refractivity contribution is -0.121. The van der Waals surface area contributed by atoms with Crippen LogP contribution in [0.5, 0.6) is 0 Å². The average molecular weight is 629 g/mol. The van der Waals surface area contributed by atoms with Crippen LogP contribution in [0, 0.1) is 0 Å². The number of carbonyl (C=O) groups is 1. The molecule has 3 heterocycles. The first-order valence-corrected chi connectivity index (χ1v) is 17.7. The number of sulfonamides is 1. The number of likely N-dealkylation sites (tertiary alicyclic amines) is 1. The quantitative estimate of drug-likeness (QED) is 0.236. The SMILES string of the molecule is CN(CC1(CCN2CCC(NC(=O)Cc3ccccc3)CC2)CCc2ccccc21)S(=O)(=O)c1ccc(-c2ccccn2)s1. The van der Waals surface area contributed by atoms with Crippen molar-refractivity contribution < 1.29 is 13.2 Å². The van der Waals surface area contributed by atoms with Gasteiger partial charge >= 0.3 is 0 Å². The molecule has 0 bridgehead atoms. The molecule has 6 rings (SSSR count).